The van der Waals surface area contributed by atoms with Crippen molar-refractivity contribution in [2.75, 3.05) is 13.2 Å². The van der Waals surface area contributed by atoms with Crippen molar-refractivity contribution >= 4 is 10.0 Å². The van der Waals surface area contributed by atoms with E-state index in [1.165, 1.54) is 6.07 Å². The summed E-state index contributed by atoms with van der Waals surface area (Å²) in [5.74, 6) is 0.364. The van der Waals surface area contributed by atoms with Gasteiger partial charge in [0.1, 0.15) is 0 Å². The first-order valence-corrected chi connectivity index (χ1v) is 8.57. The topological polar surface area (TPSA) is 90.2 Å². The minimum Gasteiger partial charge on any atom is -0.396 e. The number of nitrogens with zero attached hydrogens (tertiary/aromatic N) is 1. The fourth-order valence-corrected chi connectivity index (χ4v) is 4.24. The van der Waals surface area contributed by atoms with E-state index in [0.717, 1.165) is 19.3 Å². The second-order valence-electron chi connectivity index (χ2n) is 5.58. The van der Waals surface area contributed by atoms with Gasteiger partial charge in [-0.2, -0.15) is 5.26 Å². The van der Waals surface area contributed by atoms with Crippen LogP contribution in [0, 0.1) is 30.1 Å². The molecule has 0 amide bonds. The minimum absolute atomic E-state index is 0.106. The Morgan fingerprint density at radius 1 is 1.38 bits per heavy atom. The highest BCUT2D eigenvalue weighted by atomic mass is 32.2. The Bertz CT molecular complexity index is 649. The fourth-order valence-electron chi connectivity index (χ4n) is 2.88. The molecule has 1 aromatic rings. The molecule has 2 atom stereocenters. The third kappa shape index (κ3) is 3.62. The molecule has 0 aliphatic heterocycles. The highest BCUT2D eigenvalue weighted by Gasteiger charge is 2.28. The highest BCUT2D eigenvalue weighted by molar-refractivity contribution is 7.89. The Morgan fingerprint density at radius 3 is 2.76 bits per heavy atom. The number of aliphatic hydroxyl groups excluding tert-OH is 1. The first kappa shape index (κ1) is 16.0. The molecule has 0 spiro atoms. The van der Waals surface area contributed by atoms with Gasteiger partial charge in [0.25, 0.3) is 0 Å². The number of hydrogen-bond donors (Lipinski definition) is 2. The van der Waals surface area contributed by atoms with Crippen LogP contribution in [0.25, 0.3) is 0 Å². The molecule has 1 aromatic carbocycles. The zero-order valence-corrected chi connectivity index (χ0v) is 12.9. The van der Waals surface area contributed by atoms with Gasteiger partial charge in [0.05, 0.1) is 16.5 Å². The van der Waals surface area contributed by atoms with Crippen LogP contribution in [0.1, 0.15) is 30.4 Å². The second kappa shape index (κ2) is 6.56. The van der Waals surface area contributed by atoms with E-state index in [2.05, 4.69) is 4.72 Å². The number of nitrogens with one attached hydrogen (secondary N) is 1. The lowest BCUT2D eigenvalue weighted by molar-refractivity contribution is 0.195. The third-order valence-corrected chi connectivity index (χ3v) is 5.76. The van der Waals surface area contributed by atoms with E-state index >= 15 is 0 Å². The number of aliphatic hydroxyl groups is 1. The van der Waals surface area contributed by atoms with E-state index in [-0.39, 0.29) is 23.3 Å². The van der Waals surface area contributed by atoms with Crippen molar-refractivity contribution < 1.29 is 13.5 Å². The van der Waals surface area contributed by atoms with Crippen molar-refractivity contribution in [1.29, 1.82) is 5.26 Å². The molecule has 0 heterocycles. The van der Waals surface area contributed by atoms with Gasteiger partial charge < -0.3 is 5.11 Å². The highest BCUT2D eigenvalue weighted by Crippen LogP contribution is 2.31. The van der Waals surface area contributed by atoms with Crippen LogP contribution in [0.3, 0.4) is 0 Å². The summed E-state index contributed by atoms with van der Waals surface area (Å²) >= 11 is 0. The standard InChI is InChI=1S/C15H20N2O3S/c1-11-5-6-12(8-16)7-15(11)21(19,20)17-9-13-3-2-4-14(13)10-18/h5-7,13-14,17-18H,2-4,9-10H2,1H3. The van der Waals surface area contributed by atoms with Gasteiger partial charge in [0.15, 0.2) is 0 Å². The number of sulfonamides is 1. The molecule has 2 rings (SSSR count). The average molecular weight is 308 g/mol. The lowest BCUT2D eigenvalue weighted by atomic mass is 9.97. The van der Waals surface area contributed by atoms with E-state index in [1.54, 1.807) is 19.1 Å². The Labute approximate surface area is 125 Å². The van der Waals surface area contributed by atoms with Crippen LogP contribution in [-0.2, 0) is 10.0 Å². The van der Waals surface area contributed by atoms with Crippen molar-refractivity contribution in [3.8, 4) is 6.07 Å². The molecule has 1 aliphatic rings. The van der Waals surface area contributed by atoms with E-state index < -0.39 is 10.0 Å². The Balaban J connectivity index is 2.14. The van der Waals surface area contributed by atoms with Crippen molar-refractivity contribution in [2.24, 2.45) is 11.8 Å². The Morgan fingerprint density at radius 2 is 2.10 bits per heavy atom. The van der Waals surface area contributed by atoms with Crippen molar-refractivity contribution in [1.82, 2.24) is 4.72 Å². The smallest absolute Gasteiger partial charge is 0.240 e. The fraction of sp³-hybridized carbons (Fsp3) is 0.533. The molecule has 114 valence electrons. The van der Waals surface area contributed by atoms with Crippen LogP contribution in [-0.4, -0.2) is 26.7 Å². The van der Waals surface area contributed by atoms with Crippen molar-refractivity contribution in [2.45, 2.75) is 31.1 Å². The largest absolute Gasteiger partial charge is 0.396 e. The first-order chi connectivity index (χ1) is 9.97. The monoisotopic (exact) mass is 308 g/mol. The van der Waals surface area contributed by atoms with E-state index in [4.69, 9.17) is 5.26 Å². The van der Waals surface area contributed by atoms with Crippen LogP contribution in [0.4, 0.5) is 0 Å². The van der Waals surface area contributed by atoms with E-state index in [1.807, 2.05) is 6.07 Å². The summed E-state index contributed by atoms with van der Waals surface area (Å²) in [7, 11) is -3.63. The second-order valence-corrected chi connectivity index (χ2v) is 7.31. The predicted octanol–water partition coefficient (Wildman–Crippen LogP) is 1.55. The zero-order chi connectivity index (χ0) is 15.5. The van der Waals surface area contributed by atoms with Gasteiger partial charge in [-0.1, -0.05) is 12.5 Å². The van der Waals surface area contributed by atoms with Crippen LogP contribution in [0.2, 0.25) is 0 Å². The van der Waals surface area contributed by atoms with Gasteiger partial charge in [0.2, 0.25) is 10.0 Å². The summed E-state index contributed by atoms with van der Waals surface area (Å²) in [5.41, 5.74) is 0.946. The number of aryl methyl sites for hydroxylation is 1. The quantitative estimate of drug-likeness (QED) is 0.863. The SMILES string of the molecule is Cc1ccc(C#N)cc1S(=O)(=O)NCC1CCCC1CO. The maximum absolute atomic E-state index is 12.4. The Kier molecular flexibility index (Phi) is 4.99. The number of rotatable bonds is 5. The third-order valence-electron chi connectivity index (χ3n) is 4.19. The van der Waals surface area contributed by atoms with Crippen LogP contribution >= 0.6 is 0 Å². The number of hydrogen-bond acceptors (Lipinski definition) is 4. The minimum atomic E-state index is -3.63. The number of nitriles is 1. The first-order valence-electron chi connectivity index (χ1n) is 7.09. The van der Waals surface area contributed by atoms with Gasteiger partial charge >= 0.3 is 0 Å². The molecule has 21 heavy (non-hydrogen) atoms. The molecular weight excluding hydrogens is 288 g/mol. The summed E-state index contributed by atoms with van der Waals surface area (Å²) in [6.45, 7) is 2.15. The summed E-state index contributed by atoms with van der Waals surface area (Å²) in [5, 5.41) is 18.2. The average Bonchev–Trinajstić information content (AvgIpc) is 2.93. The summed E-state index contributed by atoms with van der Waals surface area (Å²) < 4.78 is 27.4. The maximum atomic E-state index is 12.4. The Hall–Kier alpha value is -1.42. The van der Waals surface area contributed by atoms with Gasteiger partial charge in [-0.25, -0.2) is 13.1 Å². The molecule has 6 heteroatoms. The van der Waals surface area contributed by atoms with Gasteiger partial charge in [-0.15, -0.1) is 0 Å². The number of benzene rings is 1. The molecule has 0 radical (unpaired) electrons. The summed E-state index contributed by atoms with van der Waals surface area (Å²) in [6, 6.07) is 6.60. The van der Waals surface area contributed by atoms with Gasteiger partial charge in [0, 0.05) is 13.2 Å². The van der Waals surface area contributed by atoms with Crippen molar-refractivity contribution in [3.05, 3.63) is 29.3 Å². The van der Waals surface area contributed by atoms with E-state index in [0.29, 0.717) is 17.7 Å². The molecule has 0 saturated heterocycles. The summed E-state index contributed by atoms with van der Waals surface area (Å²) in [6.07, 6.45) is 2.91. The van der Waals surface area contributed by atoms with Crippen LogP contribution in [0.5, 0.6) is 0 Å². The molecule has 1 aliphatic carbocycles. The van der Waals surface area contributed by atoms with E-state index in [9.17, 15) is 13.5 Å². The molecule has 2 N–H and O–H groups in total. The van der Waals surface area contributed by atoms with Crippen molar-refractivity contribution in [3.63, 3.8) is 0 Å². The molecule has 5 nitrogen and oxygen atoms in total. The molecule has 0 bridgehead atoms. The molecular formula is C15H20N2O3S. The van der Waals surface area contributed by atoms with Crippen LogP contribution in [0.15, 0.2) is 23.1 Å². The zero-order valence-electron chi connectivity index (χ0n) is 12.0. The maximum Gasteiger partial charge on any atom is 0.240 e. The van der Waals surface area contributed by atoms with Gasteiger partial charge in [-0.05, 0) is 49.3 Å². The summed E-state index contributed by atoms with van der Waals surface area (Å²) in [4.78, 5) is 0.153. The lowest BCUT2D eigenvalue weighted by Crippen LogP contribution is -2.32. The lowest BCUT2D eigenvalue weighted by Gasteiger charge is -2.18. The molecule has 1 saturated carbocycles. The molecule has 1 fully saturated rings. The molecule has 0 aromatic heterocycles. The van der Waals surface area contributed by atoms with Gasteiger partial charge in [-0.3, -0.25) is 0 Å². The normalized spacial score (nSPS) is 22.1. The molecule has 2 unspecified atom stereocenters. The predicted molar refractivity (Wildman–Crippen MR) is 79.0 cm³/mol. The van der Waals surface area contributed by atoms with Crippen LogP contribution < -0.4 is 4.72 Å².